The van der Waals surface area contributed by atoms with Gasteiger partial charge in [-0.05, 0) is 49.9 Å². The van der Waals surface area contributed by atoms with Gasteiger partial charge >= 0.3 is 0 Å². The van der Waals surface area contributed by atoms with Crippen LogP contribution in [-0.4, -0.2) is 35.4 Å². The monoisotopic (exact) mass is 487 g/mol. The molecule has 2 N–H and O–H groups in total. The van der Waals surface area contributed by atoms with E-state index in [2.05, 4.69) is 34.8 Å². The molecule has 1 heterocycles. The molecule has 7 heteroatoms. The Morgan fingerprint density at radius 2 is 2.15 bits per heavy atom. The van der Waals surface area contributed by atoms with Gasteiger partial charge in [0, 0.05) is 29.7 Å². The molecular weight excluding hydrogens is 461 g/mol. The number of halogens is 2. The summed E-state index contributed by atoms with van der Waals surface area (Å²) in [6, 6.07) is 8.18. The first kappa shape index (κ1) is 21.0. The van der Waals surface area contributed by atoms with Crippen LogP contribution in [0, 0.1) is 6.92 Å². The lowest BCUT2D eigenvalue weighted by molar-refractivity contribution is 0.596. The maximum absolute atomic E-state index is 6.15. The number of aryl methyl sites for hydroxylation is 1. The molecule has 3 rings (SSSR count). The molecule has 0 spiro atoms. The van der Waals surface area contributed by atoms with Gasteiger partial charge in [0.15, 0.2) is 5.96 Å². The van der Waals surface area contributed by atoms with Gasteiger partial charge < -0.3 is 10.6 Å². The number of nitrogens with zero attached hydrogens (tertiary/aromatic N) is 3. The summed E-state index contributed by atoms with van der Waals surface area (Å²) in [5.74, 6) is 0.861. The van der Waals surface area contributed by atoms with Crippen LogP contribution in [0.1, 0.15) is 30.9 Å². The zero-order chi connectivity index (χ0) is 17.7. The van der Waals surface area contributed by atoms with Gasteiger partial charge in [0.2, 0.25) is 0 Å². The number of hydrogen-bond acceptors (Lipinski definition) is 2. The number of guanidine groups is 1. The largest absolute Gasteiger partial charge is 0.357 e. The molecule has 1 aromatic carbocycles. The summed E-state index contributed by atoms with van der Waals surface area (Å²) in [6.45, 7) is 7.36. The van der Waals surface area contributed by atoms with E-state index < -0.39 is 0 Å². The van der Waals surface area contributed by atoms with E-state index in [4.69, 9.17) is 16.6 Å². The Hall–Kier alpha value is -1.28. The minimum atomic E-state index is 0. The van der Waals surface area contributed by atoms with Crippen LogP contribution < -0.4 is 10.6 Å². The van der Waals surface area contributed by atoms with Crippen molar-refractivity contribution >= 4 is 41.5 Å². The van der Waals surface area contributed by atoms with Gasteiger partial charge in [-0.1, -0.05) is 23.7 Å². The summed E-state index contributed by atoms with van der Waals surface area (Å²) in [7, 11) is 0. The second-order valence-electron chi connectivity index (χ2n) is 6.69. The molecule has 0 aliphatic heterocycles. The first-order chi connectivity index (χ1) is 12.1. The lowest BCUT2D eigenvalue weighted by Gasteiger charge is -2.16. The predicted molar refractivity (Wildman–Crippen MR) is 119 cm³/mol. The number of benzene rings is 1. The first-order valence-electron chi connectivity index (χ1n) is 8.89. The Balaban J connectivity index is 0.00000243. The highest BCUT2D eigenvalue weighted by Crippen LogP contribution is 2.48. The fourth-order valence-electron chi connectivity index (χ4n) is 2.96. The van der Waals surface area contributed by atoms with Crippen LogP contribution in [0.15, 0.2) is 41.7 Å². The van der Waals surface area contributed by atoms with Crippen LogP contribution in [0.2, 0.25) is 5.02 Å². The van der Waals surface area contributed by atoms with Gasteiger partial charge in [-0.2, -0.15) is 5.10 Å². The van der Waals surface area contributed by atoms with Gasteiger partial charge in [0.05, 0.1) is 19.3 Å². The van der Waals surface area contributed by atoms with E-state index in [1.165, 1.54) is 24.0 Å². The Morgan fingerprint density at radius 1 is 1.35 bits per heavy atom. The van der Waals surface area contributed by atoms with Crippen LogP contribution in [0.5, 0.6) is 0 Å². The van der Waals surface area contributed by atoms with Crippen LogP contribution >= 0.6 is 35.6 Å². The maximum Gasteiger partial charge on any atom is 0.191 e. The quantitative estimate of drug-likeness (QED) is 0.355. The SMILES string of the molecule is CCNC(=NCC1(c2cccc(Cl)c2)CC1)NCCn1cc(C)cn1.I. The Labute approximate surface area is 177 Å². The van der Waals surface area contributed by atoms with E-state index >= 15 is 0 Å². The molecule has 0 bridgehead atoms. The fourth-order valence-corrected chi connectivity index (χ4v) is 3.15. The molecule has 2 aromatic rings. The van der Waals surface area contributed by atoms with Gasteiger partial charge in [0.25, 0.3) is 0 Å². The number of aromatic nitrogens is 2. The molecule has 1 aliphatic rings. The van der Waals surface area contributed by atoms with Gasteiger partial charge in [-0.25, -0.2) is 0 Å². The summed E-state index contributed by atoms with van der Waals surface area (Å²) in [5.41, 5.74) is 2.64. The molecular formula is C19H27ClIN5. The van der Waals surface area contributed by atoms with Gasteiger partial charge in [-0.15, -0.1) is 24.0 Å². The van der Waals surface area contributed by atoms with E-state index in [0.717, 1.165) is 37.2 Å². The van der Waals surface area contributed by atoms with E-state index in [1.54, 1.807) is 0 Å². The van der Waals surface area contributed by atoms with Crippen molar-refractivity contribution < 1.29 is 0 Å². The standard InChI is InChI=1S/C19H26ClN5.HI/c1-3-21-18(22-9-10-25-13-15(2)12-24-25)23-14-19(7-8-19)16-5-4-6-17(20)11-16;/h4-6,11-13H,3,7-10,14H2,1-2H3,(H2,21,22,23);1H. The minimum Gasteiger partial charge on any atom is -0.357 e. The molecule has 142 valence electrons. The number of rotatable bonds is 7. The first-order valence-corrected chi connectivity index (χ1v) is 9.26. The number of aliphatic imine (C=N–C) groups is 1. The van der Waals surface area contributed by atoms with E-state index in [1.807, 2.05) is 36.1 Å². The Bertz CT molecular complexity index is 739. The second kappa shape index (κ2) is 9.60. The second-order valence-corrected chi connectivity index (χ2v) is 7.13. The molecule has 0 saturated heterocycles. The molecule has 0 radical (unpaired) electrons. The summed E-state index contributed by atoms with van der Waals surface area (Å²) in [5, 5.41) is 11.8. The molecule has 1 aromatic heterocycles. The van der Waals surface area contributed by atoms with Crippen molar-refractivity contribution in [1.29, 1.82) is 0 Å². The van der Waals surface area contributed by atoms with Crippen LogP contribution in [0.4, 0.5) is 0 Å². The lowest BCUT2D eigenvalue weighted by Crippen LogP contribution is -2.39. The van der Waals surface area contributed by atoms with Crippen molar-refractivity contribution in [2.24, 2.45) is 4.99 Å². The topological polar surface area (TPSA) is 54.2 Å². The highest BCUT2D eigenvalue weighted by Gasteiger charge is 2.44. The summed E-state index contributed by atoms with van der Waals surface area (Å²) in [4.78, 5) is 4.81. The van der Waals surface area contributed by atoms with Crippen LogP contribution in [0.3, 0.4) is 0 Å². The lowest BCUT2D eigenvalue weighted by atomic mass is 9.96. The van der Waals surface area contributed by atoms with Crippen molar-refractivity contribution in [1.82, 2.24) is 20.4 Å². The van der Waals surface area contributed by atoms with Crippen molar-refractivity contribution in [3.05, 3.63) is 52.8 Å². The third kappa shape index (κ3) is 5.61. The minimum absolute atomic E-state index is 0. The van der Waals surface area contributed by atoms with Crippen LogP contribution in [0.25, 0.3) is 0 Å². The van der Waals surface area contributed by atoms with Gasteiger partial charge in [0.1, 0.15) is 0 Å². The normalized spacial score (nSPS) is 15.3. The summed E-state index contributed by atoms with van der Waals surface area (Å²) in [6.07, 6.45) is 6.26. The van der Waals surface area contributed by atoms with Crippen LogP contribution in [-0.2, 0) is 12.0 Å². The average molecular weight is 488 g/mol. The van der Waals surface area contributed by atoms with Crippen molar-refractivity contribution in [3.63, 3.8) is 0 Å². The molecule has 0 amide bonds. The number of nitrogens with one attached hydrogen (secondary N) is 2. The Morgan fingerprint density at radius 3 is 2.77 bits per heavy atom. The maximum atomic E-state index is 6.15. The molecule has 26 heavy (non-hydrogen) atoms. The smallest absolute Gasteiger partial charge is 0.191 e. The van der Waals surface area contributed by atoms with Gasteiger partial charge in [-0.3, -0.25) is 9.67 Å². The Kier molecular flexibility index (Phi) is 7.76. The van der Waals surface area contributed by atoms with E-state index in [9.17, 15) is 0 Å². The molecule has 1 fully saturated rings. The average Bonchev–Trinajstić information content (AvgIpc) is 3.28. The van der Waals surface area contributed by atoms with Crippen molar-refractivity contribution in [3.8, 4) is 0 Å². The zero-order valence-corrected chi connectivity index (χ0v) is 18.4. The predicted octanol–water partition coefficient (Wildman–Crippen LogP) is 3.75. The summed E-state index contributed by atoms with van der Waals surface area (Å²) < 4.78 is 1.94. The van der Waals surface area contributed by atoms with E-state index in [0.29, 0.717) is 0 Å². The third-order valence-corrected chi connectivity index (χ3v) is 4.81. The molecule has 0 unspecified atom stereocenters. The highest BCUT2D eigenvalue weighted by molar-refractivity contribution is 14.0. The zero-order valence-electron chi connectivity index (χ0n) is 15.3. The van der Waals surface area contributed by atoms with Crippen molar-refractivity contribution in [2.45, 2.75) is 38.6 Å². The summed E-state index contributed by atoms with van der Waals surface area (Å²) >= 11 is 6.15. The third-order valence-electron chi connectivity index (χ3n) is 4.57. The van der Waals surface area contributed by atoms with E-state index in [-0.39, 0.29) is 29.4 Å². The number of hydrogen-bond donors (Lipinski definition) is 2. The molecule has 1 saturated carbocycles. The molecule has 1 aliphatic carbocycles. The highest BCUT2D eigenvalue weighted by atomic mass is 127. The molecule has 5 nitrogen and oxygen atoms in total. The van der Waals surface area contributed by atoms with Crippen molar-refractivity contribution in [2.75, 3.05) is 19.6 Å². The molecule has 0 atom stereocenters. The fraction of sp³-hybridized carbons (Fsp3) is 0.474.